The Bertz CT molecular complexity index is 921. The fraction of sp³-hybridized carbons (Fsp3) is 0.391. The molecule has 2 aromatic carbocycles. The Hall–Kier alpha value is -2.89. The van der Waals surface area contributed by atoms with Crippen molar-refractivity contribution in [3.8, 4) is 5.75 Å². The lowest BCUT2D eigenvalue weighted by Gasteiger charge is -2.16. The molecular weight excluding hydrogens is 369 g/mol. The van der Waals surface area contributed by atoms with Crippen molar-refractivity contribution in [1.82, 2.24) is 14.9 Å². The van der Waals surface area contributed by atoms with Gasteiger partial charge in [-0.2, -0.15) is 0 Å². The molecule has 0 spiro atoms. The van der Waals surface area contributed by atoms with Gasteiger partial charge < -0.3 is 14.6 Å². The number of nitrogens with one attached hydrogen (secondary N) is 1. The number of H-pyrrole nitrogens is 1. The van der Waals surface area contributed by atoms with Crippen molar-refractivity contribution in [2.75, 3.05) is 19.7 Å². The minimum Gasteiger partial charge on any atom is -0.494 e. The van der Waals surface area contributed by atoms with Crippen LogP contribution in [-0.4, -0.2) is 40.5 Å². The zero-order chi connectivity index (χ0) is 20.1. The van der Waals surface area contributed by atoms with Crippen LogP contribution in [0.15, 0.2) is 48.5 Å². The van der Waals surface area contributed by atoms with Crippen molar-refractivity contribution in [2.45, 2.75) is 32.1 Å². The number of halogens is 1. The third-order valence-electron chi connectivity index (χ3n) is 5.49. The van der Waals surface area contributed by atoms with Crippen LogP contribution in [0.1, 0.15) is 31.5 Å². The Morgan fingerprint density at radius 2 is 2.03 bits per heavy atom. The predicted molar refractivity (Wildman–Crippen MR) is 110 cm³/mol. The number of likely N-dealkylation sites (tertiary alicyclic amines) is 1. The van der Waals surface area contributed by atoms with Crippen molar-refractivity contribution in [3.05, 3.63) is 60.2 Å². The summed E-state index contributed by atoms with van der Waals surface area (Å²) in [4.78, 5) is 22.4. The van der Waals surface area contributed by atoms with Gasteiger partial charge >= 0.3 is 0 Å². The highest BCUT2D eigenvalue weighted by atomic mass is 19.1. The third kappa shape index (κ3) is 5.13. The molecule has 1 aromatic heterocycles. The summed E-state index contributed by atoms with van der Waals surface area (Å²) in [6.07, 6.45) is 4.05. The molecule has 2 heterocycles. The topological polar surface area (TPSA) is 58.2 Å². The van der Waals surface area contributed by atoms with E-state index in [0.29, 0.717) is 24.7 Å². The maximum Gasteiger partial charge on any atom is 0.222 e. The quantitative estimate of drug-likeness (QED) is 0.617. The SMILES string of the molecule is O=C(CCCc1nc2ccccc2[nH]1)N1CCC(CCOc2ccc(F)cc2)C1. The molecule has 6 heteroatoms. The Labute approximate surface area is 169 Å². The average molecular weight is 395 g/mol. The van der Waals surface area contributed by atoms with Crippen LogP contribution in [0.2, 0.25) is 0 Å². The maximum absolute atomic E-state index is 12.9. The van der Waals surface area contributed by atoms with Crippen LogP contribution < -0.4 is 4.74 Å². The van der Waals surface area contributed by atoms with E-state index < -0.39 is 0 Å². The lowest BCUT2D eigenvalue weighted by Crippen LogP contribution is -2.28. The normalized spacial score (nSPS) is 16.4. The highest BCUT2D eigenvalue weighted by Crippen LogP contribution is 2.22. The van der Waals surface area contributed by atoms with Gasteiger partial charge in [-0.15, -0.1) is 0 Å². The fourth-order valence-electron chi connectivity index (χ4n) is 3.86. The van der Waals surface area contributed by atoms with Gasteiger partial charge in [0.15, 0.2) is 0 Å². The van der Waals surface area contributed by atoms with Crippen LogP contribution in [0, 0.1) is 11.7 Å². The molecule has 1 amide bonds. The second-order valence-electron chi connectivity index (χ2n) is 7.64. The van der Waals surface area contributed by atoms with Gasteiger partial charge in [-0.25, -0.2) is 9.37 Å². The van der Waals surface area contributed by atoms with E-state index in [2.05, 4.69) is 9.97 Å². The highest BCUT2D eigenvalue weighted by Gasteiger charge is 2.25. The molecule has 152 valence electrons. The van der Waals surface area contributed by atoms with Crippen molar-refractivity contribution in [1.29, 1.82) is 0 Å². The van der Waals surface area contributed by atoms with E-state index in [1.54, 1.807) is 12.1 Å². The smallest absolute Gasteiger partial charge is 0.222 e. The molecule has 29 heavy (non-hydrogen) atoms. The zero-order valence-corrected chi connectivity index (χ0v) is 16.4. The van der Waals surface area contributed by atoms with E-state index in [-0.39, 0.29) is 11.7 Å². The molecule has 1 atom stereocenters. The Morgan fingerprint density at radius 1 is 1.21 bits per heavy atom. The van der Waals surface area contributed by atoms with E-state index in [4.69, 9.17) is 4.74 Å². The molecule has 1 aliphatic heterocycles. The van der Waals surface area contributed by atoms with Crippen molar-refractivity contribution >= 4 is 16.9 Å². The number of aromatic amines is 1. The number of carbonyl (C=O) groups is 1. The highest BCUT2D eigenvalue weighted by molar-refractivity contribution is 5.76. The summed E-state index contributed by atoms with van der Waals surface area (Å²) >= 11 is 0. The average Bonchev–Trinajstić information content (AvgIpc) is 3.36. The lowest BCUT2D eigenvalue weighted by atomic mass is 10.1. The first-order valence-electron chi connectivity index (χ1n) is 10.3. The molecule has 5 nitrogen and oxygen atoms in total. The fourth-order valence-corrected chi connectivity index (χ4v) is 3.86. The number of benzene rings is 2. The van der Waals surface area contributed by atoms with E-state index in [9.17, 15) is 9.18 Å². The van der Waals surface area contributed by atoms with Crippen LogP contribution in [-0.2, 0) is 11.2 Å². The molecule has 3 aromatic rings. The van der Waals surface area contributed by atoms with Gasteiger partial charge in [-0.05, 0) is 61.6 Å². The monoisotopic (exact) mass is 395 g/mol. The number of aromatic nitrogens is 2. The number of hydrogen-bond acceptors (Lipinski definition) is 3. The number of imidazole rings is 1. The standard InChI is InChI=1S/C23H26FN3O2/c24-18-8-10-19(11-9-18)29-15-13-17-12-14-27(16-17)23(28)7-3-6-22-25-20-4-1-2-5-21(20)26-22/h1-2,4-5,8-11,17H,3,6-7,12-16H2,(H,25,26). The summed E-state index contributed by atoms with van der Waals surface area (Å²) in [5.74, 6) is 2.06. The molecule has 0 radical (unpaired) electrons. The molecule has 1 aliphatic rings. The van der Waals surface area contributed by atoms with Crippen LogP contribution in [0.4, 0.5) is 4.39 Å². The Morgan fingerprint density at radius 3 is 2.86 bits per heavy atom. The van der Waals surface area contributed by atoms with E-state index in [1.807, 2.05) is 29.2 Å². The first-order chi connectivity index (χ1) is 14.2. The van der Waals surface area contributed by atoms with Gasteiger partial charge in [0, 0.05) is 25.9 Å². The third-order valence-corrected chi connectivity index (χ3v) is 5.49. The van der Waals surface area contributed by atoms with Gasteiger partial charge in [0.2, 0.25) is 5.91 Å². The number of nitrogens with zero attached hydrogens (tertiary/aromatic N) is 2. The first-order valence-corrected chi connectivity index (χ1v) is 10.3. The second kappa shape index (κ2) is 9.07. The minimum absolute atomic E-state index is 0.225. The van der Waals surface area contributed by atoms with E-state index >= 15 is 0 Å². The summed E-state index contributed by atoms with van der Waals surface area (Å²) in [6, 6.07) is 14.1. The number of ether oxygens (including phenoxy) is 1. The first kappa shape index (κ1) is 19.4. The number of fused-ring (bicyclic) bond motifs is 1. The summed E-state index contributed by atoms with van der Waals surface area (Å²) in [5, 5.41) is 0. The summed E-state index contributed by atoms with van der Waals surface area (Å²) in [5.41, 5.74) is 2.01. The summed E-state index contributed by atoms with van der Waals surface area (Å²) in [6.45, 7) is 2.21. The van der Waals surface area contributed by atoms with Gasteiger partial charge in [0.1, 0.15) is 17.4 Å². The van der Waals surface area contributed by atoms with Gasteiger partial charge in [-0.1, -0.05) is 12.1 Å². The molecular formula is C23H26FN3O2. The van der Waals surface area contributed by atoms with Crippen molar-refractivity contribution in [2.24, 2.45) is 5.92 Å². The van der Waals surface area contributed by atoms with Gasteiger partial charge in [-0.3, -0.25) is 4.79 Å². The molecule has 1 N–H and O–H groups in total. The van der Waals surface area contributed by atoms with E-state index in [1.165, 1.54) is 12.1 Å². The number of rotatable bonds is 8. The predicted octanol–water partition coefficient (Wildman–Crippen LogP) is 4.34. The summed E-state index contributed by atoms with van der Waals surface area (Å²) < 4.78 is 18.6. The van der Waals surface area contributed by atoms with Crippen LogP contribution >= 0.6 is 0 Å². The molecule has 0 saturated carbocycles. The van der Waals surface area contributed by atoms with Crippen LogP contribution in [0.25, 0.3) is 11.0 Å². The summed E-state index contributed by atoms with van der Waals surface area (Å²) in [7, 11) is 0. The number of carbonyl (C=O) groups excluding carboxylic acids is 1. The van der Waals surface area contributed by atoms with Crippen molar-refractivity contribution < 1.29 is 13.9 Å². The zero-order valence-electron chi connectivity index (χ0n) is 16.4. The Balaban J connectivity index is 1.15. The van der Waals surface area contributed by atoms with Gasteiger partial charge in [0.25, 0.3) is 0 Å². The molecule has 1 fully saturated rings. The Kier molecular flexibility index (Phi) is 6.08. The van der Waals surface area contributed by atoms with Crippen molar-refractivity contribution in [3.63, 3.8) is 0 Å². The number of para-hydroxylation sites is 2. The number of amides is 1. The number of aryl methyl sites for hydroxylation is 1. The number of hydrogen-bond donors (Lipinski definition) is 1. The molecule has 4 rings (SSSR count). The van der Waals surface area contributed by atoms with E-state index in [0.717, 1.165) is 55.6 Å². The lowest BCUT2D eigenvalue weighted by molar-refractivity contribution is -0.130. The van der Waals surface area contributed by atoms with Gasteiger partial charge in [0.05, 0.1) is 17.6 Å². The van der Waals surface area contributed by atoms with Crippen LogP contribution in [0.3, 0.4) is 0 Å². The second-order valence-corrected chi connectivity index (χ2v) is 7.64. The molecule has 1 saturated heterocycles. The molecule has 0 aliphatic carbocycles. The minimum atomic E-state index is -0.261. The van der Waals surface area contributed by atoms with Crippen LogP contribution in [0.5, 0.6) is 5.75 Å². The molecule has 1 unspecified atom stereocenters. The molecule has 0 bridgehead atoms. The maximum atomic E-state index is 12.9. The largest absolute Gasteiger partial charge is 0.494 e.